The number of rotatable bonds is 8. The van der Waals surface area contributed by atoms with Crippen LogP contribution in [0, 0.1) is 0 Å². The molecule has 0 aliphatic carbocycles. The third-order valence-electron chi connectivity index (χ3n) is 5.58. The molecule has 1 aromatic carbocycles. The Kier molecular flexibility index (Phi) is 7.23. The van der Waals surface area contributed by atoms with Gasteiger partial charge in [-0.1, -0.05) is 13.8 Å². The van der Waals surface area contributed by atoms with Crippen molar-refractivity contribution in [3.8, 4) is 5.75 Å². The first kappa shape index (κ1) is 23.1. The molecule has 1 aliphatic heterocycles. The van der Waals surface area contributed by atoms with E-state index in [2.05, 4.69) is 24.1 Å². The van der Waals surface area contributed by atoms with Crippen LogP contribution in [0.2, 0.25) is 0 Å². The van der Waals surface area contributed by atoms with Crippen LogP contribution in [-0.4, -0.2) is 55.5 Å². The van der Waals surface area contributed by atoms with Gasteiger partial charge in [-0.25, -0.2) is 9.59 Å². The number of alkyl carbamates (subject to hydrolysis) is 1. The zero-order chi connectivity index (χ0) is 22.6. The van der Waals surface area contributed by atoms with Crippen LogP contribution in [-0.2, 0) is 9.47 Å². The summed E-state index contributed by atoms with van der Waals surface area (Å²) in [7, 11) is 0. The number of hydrogen-bond acceptors (Lipinski definition) is 7. The summed E-state index contributed by atoms with van der Waals surface area (Å²) in [5, 5.41) is 3.56. The molecule has 1 N–H and O–H groups in total. The highest BCUT2D eigenvalue weighted by molar-refractivity contribution is 5.83. The minimum atomic E-state index is -0.855. The predicted molar refractivity (Wildman–Crippen MR) is 118 cm³/mol. The van der Waals surface area contributed by atoms with E-state index < -0.39 is 29.5 Å². The second-order valence-electron chi connectivity index (χ2n) is 8.01. The number of likely N-dealkylation sites (N-methyl/N-ethyl adjacent to an activating group) is 1. The smallest absolute Gasteiger partial charge is 0.407 e. The highest BCUT2D eigenvalue weighted by Crippen LogP contribution is 2.46. The van der Waals surface area contributed by atoms with E-state index in [-0.39, 0.29) is 0 Å². The number of ether oxygens (including phenoxy) is 3. The molecule has 3 rings (SSSR count). The lowest BCUT2D eigenvalue weighted by atomic mass is 9.87. The molecule has 0 saturated carbocycles. The number of nitrogens with one attached hydrogen (secondary N) is 1. The van der Waals surface area contributed by atoms with Crippen LogP contribution in [0.15, 0.2) is 33.5 Å². The lowest BCUT2D eigenvalue weighted by molar-refractivity contribution is -0.134. The van der Waals surface area contributed by atoms with Crippen molar-refractivity contribution >= 4 is 17.1 Å². The van der Waals surface area contributed by atoms with Gasteiger partial charge in [0.2, 0.25) is 0 Å². The highest BCUT2D eigenvalue weighted by atomic mass is 16.6. The Morgan fingerprint density at radius 1 is 1.16 bits per heavy atom. The predicted octanol–water partition coefficient (Wildman–Crippen LogP) is 3.48. The van der Waals surface area contributed by atoms with E-state index in [9.17, 15) is 9.59 Å². The molecule has 0 fully saturated rings. The molecule has 2 atom stereocenters. The maximum atomic E-state index is 12.6. The zero-order valence-corrected chi connectivity index (χ0v) is 18.9. The third kappa shape index (κ3) is 5.02. The number of amides is 1. The van der Waals surface area contributed by atoms with Crippen molar-refractivity contribution in [3.63, 3.8) is 0 Å². The summed E-state index contributed by atoms with van der Waals surface area (Å²) < 4.78 is 23.5. The molecule has 1 amide bonds. The number of nitrogens with zero attached hydrogens (tertiary/aromatic N) is 1. The summed E-state index contributed by atoms with van der Waals surface area (Å²) >= 11 is 0. The topological polar surface area (TPSA) is 90.2 Å². The van der Waals surface area contributed by atoms with Crippen molar-refractivity contribution in [3.05, 3.63) is 40.2 Å². The summed E-state index contributed by atoms with van der Waals surface area (Å²) in [6.45, 7) is 13.1. The SMILES string of the molecule is CCO[C@@H]1c2c(ccc3ccc(=O)oc23)OC(C)(C)[C@@H]1OC(=O)NCCN(CC)CC. The van der Waals surface area contributed by atoms with Gasteiger partial charge in [-0.3, -0.25) is 0 Å². The van der Waals surface area contributed by atoms with Crippen LogP contribution < -0.4 is 15.7 Å². The Bertz CT molecular complexity index is 966. The molecule has 2 heterocycles. The van der Waals surface area contributed by atoms with Crippen LogP contribution in [0.4, 0.5) is 4.79 Å². The first-order valence-electron chi connectivity index (χ1n) is 10.8. The van der Waals surface area contributed by atoms with E-state index >= 15 is 0 Å². The van der Waals surface area contributed by atoms with Gasteiger partial charge < -0.3 is 28.8 Å². The van der Waals surface area contributed by atoms with Gasteiger partial charge in [0, 0.05) is 31.1 Å². The molecule has 0 bridgehead atoms. The fourth-order valence-electron chi connectivity index (χ4n) is 3.92. The number of carbonyl (C=O) groups excluding carboxylic acids is 1. The average molecular weight is 433 g/mol. The first-order chi connectivity index (χ1) is 14.8. The largest absolute Gasteiger partial charge is 0.483 e. The molecule has 2 aromatic rings. The summed E-state index contributed by atoms with van der Waals surface area (Å²) in [6.07, 6.45) is -1.93. The fourth-order valence-corrected chi connectivity index (χ4v) is 3.92. The Labute approximate surface area is 182 Å². The molecule has 0 unspecified atom stereocenters. The van der Waals surface area contributed by atoms with E-state index in [1.807, 2.05) is 32.9 Å². The molecular formula is C23H32N2O6. The summed E-state index contributed by atoms with van der Waals surface area (Å²) in [6, 6.07) is 6.72. The Balaban J connectivity index is 1.89. The monoisotopic (exact) mass is 432 g/mol. The van der Waals surface area contributed by atoms with Crippen LogP contribution in [0.25, 0.3) is 11.0 Å². The quantitative estimate of drug-likeness (QED) is 0.639. The van der Waals surface area contributed by atoms with Crippen LogP contribution in [0.1, 0.15) is 46.3 Å². The van der Waals surface area contributed by atoms with E-state index in [0.29, 0.717) is 30.0 Å². The van der Waals surface area contributed by atoms with E-state index in [0.717, 1.165) is 25.0 Å². The first-order valence-corrected chi connectivity index (χ1v) is 10.8. The lowest BCUT2D eigenvalue weighted by Gasteiger charge is -2.43. The Hall–Kier alpha value is -2.58. The van der Waals surface area contributed by atoms with Crippen LogP contribution in [0.5, 0.6) is 5.75 Å². The molecule has 0 radical (unpaired) electrons. The van der Waals surface area contributed by atoms with Gasteiger partial charge in [-0.05, 0) is 52.1 Å². The second-order valence-corrected chi connectivity index (χ2v) is 8.01. The maximum absolute atomic E-state index is 12.6. The molecule has 1 aliphatic rings. The number of carbonyl (C=O) groups is 1. The van der Waals surface area contributed by atoms with Crippen LogP contribution in [0.3, 0.4) is 0 Å². The maximum Gasteiger partial charge on any atom is 0.407 e. The van der Waals surface area contributed by atoms with Crippen molar-refractivity contribution in [1.29, 1.82) is 0 Å². The van der Waals surface area contributed by atoms with E-state index in [1.165, 1.54) is 6.07 Å². The molecule has 170 valence electrons. The number of benzene rings is 1. The normalized spacial score (nSPS) is 19.7. The standard InChI is InChI=1S/C23H32N2O6/c1-6-25(7-2)14-13-24-22(27)30-21-20(28-8-3)18-16(31-23(21,4)5)11-9-15-10-12-17(26)29-19(15)18/h9-12,20-21H,6-8,13-14H2,1-5H3,(H,24,27)/t20-,21-/m1/s1. The fraction of sp³-hybridized carbons (Fsp3) is 0.565. The Morgan fingerprint density at radius 3 is 2.55 bits per heavy atom. The second kappa shape index (κ2) is 9.70. The highest BCUT2D eigenvalue weighted by Gasteiger charge is 2.48. The van der Waals surface area contributed by atoms with Crippen LogP contribution >= 0.6 is 0 Å². The van der Waals surface area contributed by atoms with Gasteiger partial charge in [0.1, 0.15) is 23.0 Å². The zero-order valence-electron chi connectivity index (χ0n) is 18.9. The van der Waals surface area contributed by atoms with Gasteiger partial charge in [0.25, 0.3) is 0 Å². The minimum Gasteiger partial charge on any atom is -0.483 e. The Morgan fingerprint density at radius 2 is 1.87 bits per heavy atom. The van der Waals surface area contributed by atoms with E-state index in [1.54, 1.807) is 6.07 Å². The third-order valence-corrected chi connectivity index (χ3v) is 5.58. The molecule has 0 saturated heterocycles. The van der Waals surface area contributed by atoms with E-state index in [4.69, 9.17) is 18.6 Å². The van der Waals surface area contributed by atoms with Crippen molar-refractivity contribution in [2.24, 2.45) is 0 Å². The number of fused-ring (bicyclic) bond motifs is 3. The minimum absolute atomic E-state index is 0.384. The lowest BCUT2D eigenvalue weighted by Crippen LogP contribution is -2.53. The number of hydrogen-bond donors (Lipinski definition) is 1. The summed E-state index contributed by atoms with van der Waals surface area (Å²) in [5.74, 6) is 0.548. The van der Waals surface area contributed by atoms with Crippen molar-refractivity contribution in [2.45, 2.75) is 52.4 Å². The summed E-state index contributed by atoms with van der Waals surface area (Å²) in [5.41, 5.74) is -0.356. The summed E-state index contributed by atoms with van der Waals surface area (Å²) in [4.78, 5) is 26.7. The van der Waals surface area contributed by atoms with Gasteiger partial charge in [0.15, 0.2) is 6.10 Å². The molecule has 0 spiro atoms. The van der Waals surface area contributed by atoms with Gasteiger partial charge in [-0.15, -0.1) is 0 Å². The molecule has 8 heteroatoms. The average Bonchev–Trinajstić information content (AvgIpc) is 2.73. The van der Waals surface area contributed by atoms with Crippen molar-refractivity contribution in [1.82, 2.24) is 10.2 Å². The molecule has 31 heavy (non-hydrogen) atoms. The van der Waals surface area contributed by atoms with Gasteiger partial charge in [-0.2, -0.15) is 0 Å². The van der Waals surface area contributed by atoms with Crippen molar-refractivity contribution in [2.75, 3.05) is 32.8 Å². The van der Waals surface area contributed by atoms with Gasteiger partial charge >= 0.3 is 11.7 Å². The molecular weight excluding hydrogens is 400 g/mol. The van der Waals surface area contributed by atoms with Gasteiger partial charge in [0.05, 0.1) is 5.56 Å². The molecule has 8 nitrogen and oxygen atoms in total. The molecule has 1 aromatic heterocycles. The van der Waals surface area contributed by atoms with Crippen molar-refractivity contribution < 1.29 is 23.4 Å².